The number of morpholine rings is 1. The minimum absolute atomic E-state index is 0.0522. The maximum Gasteiger partial charge on any atom is 0.260 e. The summed E-state index contributed by atoms with van der Waals surface area (Å²) in [6, 6.07) is 9.45. The maximum atomic E-state index is 12.4. The van der Waals surface area contributed by atoms with Crippen LogP contribution in [0.25, 0.3) is 0 Å². The summed E-state index contributed by atoms with van der Waals surface area (Å²) in [6.07, 6.45) is 1.30. The molecule has 9 heteroatoms. The van der Waals surface area contributed by atoms with Crippen molar-refractivity contribution in [3.05, 3.63) is 52.6 Å². The molecule has 1 amide bonds. The lowest BCUT2D eigenvalue weighted by atomic mass is 10.2. The Kier molecular flexibility index (Phi) is 7.28. The smallest absolute Gasteiger partial charge is 0.260 e. The van der Waals surface area contributed by atoms with Gasteiger partial charge in [-0.1, -0.05) is 12.1 Å². The molecule has 0 N–H and O–H groups in total. The van der Waals surface area contributed by atoms with Gasteiger partial charge >= 0.3 is 0 Å². The number of hydrogen-bond acceptors (Lipinski definition) is 8. The standard InChI is InChI=1S/C23H29N3O6/c1-29-21-5-3-2-4-19(21)25-8-6-24(7-9-25)15-18-14-20(27)22(16-31-18)32-17-23(28)26-10-12-30-13-11-26/h2-5,14,16H,6-13,15,17H2,1H3. The van der Waals surface area contributed by atoms with Crippen LogP contribution in [0.4, 0.5) is 5.69 Å². The van der Waals surface area contributed by atoms with Gasteiger partial charge in [-0.3, -0.25) is 14.5 Å². The van der Waals surface area contributed by atoms with Crippen LogP contribution in [0.3, 0.4) is 0 Å². The van der Waals surface area contributed by atoms with Crippen molar-refractivity contribution in [3.63, 3.8) is 0 Å². The first-order valence-electron chi connectivity index (χ1n) is 10.8. The highest BCUT2D eigenvalue weighted by atomic mass is 16.5. The van der Waals surface area contributed by atoms with Crippen LogP contribution in [0.1, 0.15) is 5.76 Å². The summed E-state index contributed by atoms with van der Waals surface area (Å²) in [5, 5.41) is 0. The highest BCUT2D eigenvalue weighted by Crippen LogP contribution is 2.28. The Balaban J connectivity index is 1.27. The number of benzene rings is 1. The molecule has 2 aliphatic heterocycles. The molecular weight excluding hydrogens is 414 g/mol. The molecule has 0 unspecified atom stereocenters. The van der Waals surface area contributed by atoms with E-state index in [1.807, 2.05) is 18.2 Å². The number of ether oxygens (including phenoxy) is 3. The Morgan fingerprint density at radius 3 is 2.50 bits per heavy atom. The van der Waals surface area contributed by atoms with Crippen LogP contribution in [0, 0.1) is 0 Å². The zero-order valence-corrected chi connectivity index (χ0v) is 18.3. The van der Waals surface area contributed by atoms with E-state index >= 15 is 0 Å². The molecule has 0 radical (unpaired) electrons. The van der Waals surface area contributed by atoms with Gasteiger partial charge in [-0.05, 0) is 12.1 Å². The van der Waals surface area contributed by atoms with Gasteiger partial charge in [0.15, 0.2) is 6.61 Å². The summed E-state index contributed by atoms with van der Waals surface area (Å²) in [5.74, 6) is 1.34. The van der Waals surface area contributed by atoms with Gasteiger partial charge < -0.3 is 28.4 Å². The van der Waals surface area contributed by atoms with Gasteiger partial charge in [0, 0.05) is 45.3 Å². The molecule has 2 fully saturated rings. The molecule has 1 aromatic heterocycles. The number of anilines is 1. The molecule has 2 saturated heterocycles. The molecular formula is C23H29N3O6. The van der Waals surface area contributed by atoms with E-state index in [2.05, 4.69) is 15.9 Å². The van der Waals surface area contributed by atoms with Gasteiger partial charge in [-0.25, -0.2) is 0 Å². The molecule has 0 spiro atoms. The Bertz CT molecular complexity index is 964. The van der Waals surface area contributed by atoms with Crippen LogP contribution in [-0.4, -0.2) is 81.9 Å². The van der Waals surface area contributed by atoms with Crippen molar-refractivity contribution >= 4 is 11.6 Å². The molecule has 172 valence electrons. The number of carbonyl (C=O) groups excluding carboxylic acids is 1. The van der Waals surface area contributed by atoms with Crippen LogP contribution >= 0.6 is 0 Å². The largest absolute Gasteiger partial charge is 0.495 e. The summed E-state index contributed by atoms with van der Waals surface area (Å²) in [6.45, 7) is 5.88. The van der Waals surface area contributed by atoms with E-state index in [1.165, 1.54) is 12.3 Å². The van der Waals surface area contributed by atoms with Gasteiger partial charge in [-0.15, -0.1) is 0 Å². The minimum atomic E-state index is -0.284. The van der Waals surface area contributed by atoms with E-state index in [1.54, 1.807) is 12.0 Å². The van der Waals surface area contributed by atoms with Crippen LogP contribution in [0.2, 0.25) is 0 Å². The number of rotatable bonds is 7. The molecule has 2 aliphatic rings. The first kappa shape index (κ1) is 22.2. The third kappa shape index (κ3) is 5.41. The first-order valence-corrected chi connectivity index (χ1v) is 10.8. The summed E-state index contributed by atoms with van der Waals surface area (Å²) in [7, 11) is 1.68. The van der Waals surface area contributed by atoms with E-state index < -0.39 is 0 Å². The average Bonchev–Trinajstić information content (AvgIpc) is 2.84. The van der Waals surface area contributed by atoms with Crippen LogP contribution in [0.5, 0.6) is 11.5 Å². The number of hydrogen-bond donors (Lipinski definition) is 0. The van der Waals surface area contributed by atoms with Gasteiger partial charge in [-0.2, -0.15) is 0 Å². The van der Waals surface area contributed by atoms with E-state index in [-0.39, 0.29) is 23.7 Å². The van der Waals surface area contributed by atoms with Gasteiger partial charge in [0.2, 0.25) is 11.2 Å². The van der Waals surface area contributed by atoms with E-state index in [9.17, 15) is 9.59 Å². The maximum absolute atomic E-state index is 12.4. The van der Waals surface area contributed by atoms with Crippen LogP contribution in [-0.2, 0) is 16.1 Å². The highest BCUT2D eigenvalue weighted by molar-refractivity contribution is 5.77. The zero-order valence-electron chi connectivity index (χ0n) is 18.3. The summed E-state index contributed by atoms with van der Waals surface area (Å²) >= 11 is 0. The second-order valence-corrected chi connectivity index (χ2v) is 7.79. The lowest BCUT2D eigenvalue weighted by Gasteiger charge is -2.36. The van der Waals surface area contributed by atoms with Gasteiger partial charge in [0.25, 0.3) is 5.91 Å². The average molecular weight is 444 g/mol. The summed E-state index contributed by atoms with van der Waals surface area (Å²) in [4.78, 5) is 30.8. The summed E-state index contributed by atoms with van der Waals surface area (Å²) in [5.41, 5.74) is 0.808. The van der Waals surface area contributed by atoms with Gasteiger partial charge in [0.05, 0.1) is 32.6 Å². The molecule has 9 nitrogen and oxygen atoms in total. The van der Waals surface area contributed by atoms with E-state index in [4.69, 9.17) is 18.6 Å². The highest BCUT2D eigenvalue weighted by Gasteiger charge is 2.21. The number of nitrogens with zero attached hydrogens (tertiary/aromatic N) is 3. The molecule has 2 aromatic rings. The van der Waals surface area contributed by atoms with Crippen molar-refractivity contribution in [1.29, 1.82) is 0 Å². The van der Waals surface area contributed by atoms with Crippen molar-refractivity contribution in [2.75, 3.05) is 71.1 Å². The Hall–Kier alpha value is -3.04. The Morgan fingerprint density at radius 1 is 1.03 bits per heavy atom. The molecule has 0 saturated carbocycles. The third-order valence-corrected chi connectivity index (χ3v) is 5.74. The fourth-order valence-electron chi connectivity index (χ4n) is 3.93. The molecule has 4 rings (SSSR count). The quantitative estimate of drug-likeness (QED) is 0.632. The fraction of sp³-hybridized carbons (Fsp3) is 0.478. The predicted molar refractivity (Wildman–Crippen MR) is 118 cm³/mol. The second-order valence-electron chi connectivity index (χ2n) is 7.79. The second kappa shape index (κ2) is 10.5. The number of methoxy groups -OCH3 is 1. The van der Waals surface area contributed by atoms with Crippen molar-refractivity contribution in [2.24, 2.45) is 0 Å². The molecule has 0 aliphatic carbocycles. The van der Waals surface area contributed by atoms with E-state index in [0.29, 0.717) is 38.6 Å². The molecule has 0 atom stereocenters. The zero-order chi connectivity index (χ0) is 22.3. The van der Waals surface area contributed by atoms with Crippen molar-refractivity contribution < 1.29 is 23.4 Å². The molecule has 1 aromatic carbocycles. The lowest BCUT2D eigenvalue weighted by Crippen LogP contribution is -2.46. The number of piperazine rings is 1. The van der Waals surface area contributed by atoms with Gasteiger partial charge in [0.1, 0.15) is 17.8 Å². The minimum Gasteiger partial charge on any atom is -0.495 e. The Morgan fingerprint density at radius 2 is 1.78 bits per heavy atom. The van der Waals surface area contributed by atoms with E-state index in [0.717, 1.165) is 37.6 Å². The normalized spacial score (nSPS) is 17.3. The number of para-hydroxylation sites is 2. The third-order valence-electron chi connectivity index (χ3n) is 5.74. The first-order chi connectivity index (χ1) is 15.6. The monoisotopic (exact) mass is 443 g/mol. The topological polar surface area (TPSA) is 84.7 Å². The molecule has 0 bridgehead atoms. The van der Waals surface area contributed by atoms with Crippen molar-refractivity contribution in [2.45, 2.75) is 6.54 Å². The predicted octanol–water partition coefficient (Wildman–Crippen LogP) is 1.21. The number of carbonyl (C=O) groups is 1. The SMILES string of the molecule is COc1ccccc1N1CCN(Cc2cc(=O)c(OCC(=O)N3CCOCC3)co2)CC1. The lowest BCUT2D eigenvalue weighted by molar-refractivity contribution is -0.137. The van der Waals surface area contributed by atoms with Crippen LogP contribution < -0.4 is 19.8 Å². The number of amides is 1. The molecule has 32 heavy (non-hydrogen) atoms. The van der Waals surface area contributed by atoms with Crippen molar-refractivity contribution in [1.82, 2.24) is 9.80 Å². The summed E-state index contributed by atoms with van der Waals surface area (Å²) < 4.78 is 21.7. The molecule has 3 heterocycles. The van der Waals surface area contributed by atoms with Crippen molar-refractivity contribution in [3.8, 4) is 11.5 Å². The fourth-order valence-corrected chi connectivity index (χ4v) is 3.93. The van der Waals surface area contributed by atoms with Crippen LogP contribution in [0.15, 0.2) is 45.8 Å². The Labute approximate surface area is 187 Å².